The number of hydrogen-bond acceptors (Lipinski definition) is 1. The van der Waals surface area contributed by atoms with Crippen molar-refractivity contribution in [3.8, 4) is 0 Å². The van der Waals surface area contributed by atoms with Gasteiger partial charge in [0, 0.05) is 5.56 Å². The summed E-state index contributed by atoms with van der Waals surface area (Å²) in [6, 6.07) is 9.20. The minimum absolute atomic E-state index is 0.0805. The van der Waals surface area contributed by atoms with Crippen LogP contribution in [0.4, 0.5) is 8.78 Å². The summed E-state index contributed by atoms with van der Waals surface area (Å²) >= 11 is 9.03. The first kappa shape index (κ1) is 16.4. The van der Waals surface area contributed by atoms with Crippen LogP contribution in [0.5, 0.6) is 0 Å². The van der Waals surface area contributed by atoms with Crippen LogP contribution >= 0.6 is 27.5 Å². The van der Waals surface area contributed by atoms with E-state index >= 15 is 0 Å². The summed E-state index contributed by atoms with van der Waals surface area (Å²) < 4.78 is 28.0. The van der Waals surface area contributed by atoms with Crippen molar-refractivity contribution < 1.29 is 8.78 Å². The van der Waals surface area contributed by atoms with Crippen molar-refractivity contribution in [2.24, 2.45) is 0 Å². The second-order valence-corrected chi connectivity index (χ2v) is 5.97. The molecule has 2 aromatic rings. The van der Waals surface area contributed by atoms with Crippen LogP contribution in [0.25, 0.3) is 0 Å². The lowest BCUT2D eigenvalue weighted by Gasteiger charge is -2.21. The summed E-state index contributed by atoms with van der Waals surface area (Å²) in [7, 11) is 0. The van der Waals surface area contributed by atoms with Gasteiger partial charge in [-0.1, -0.05) is 36.7 Å². The number of rotatable bonds is 5. The molecule has 0 aromatic heterocycles. The smallest absolute Gasteiger partial charge is 0.146 e. The fourth-order valence-corrected chi connectivity index (χ4v) is 2.71. The number of nitrogens with one attached hydrogen (secondary N) is 1. The van der Waals surface area contributed by atoms with Crippen molar-refractivity contribution in [2.45, 2.75) is 19.4 Å². The molecule has 1 unspecified atom stereocenters. The van der Waals surface area contributed by atoms with Crippen LogP contribution in [0.15, 0.2) is 40.9 Å². The minimum atomic E-state index is -0.451. The topological polar surface area (TPSA) is 12.0 Å². The van der Waals surface area contributed by atoms with Gasteiger partial charge in [-0.15, -0.1) is 0 Å². The van der Waals surface area contributed by atoms with Crippen LogP contribution in [0.2, 0.25) is 5.02 Å². The standard InChI is InChI=1S/C16H15BrClF2N/c1-2-8-21-16(10-6-7-14(19)12(17)9-10)11-4-3-5-13(18)15(11)20/h3-7,9,16,21H,2,8H2,1H3. The normalized spacial score (nSPS) is 12.4. The van der Waals surface area contributed by atoms with Gasteiger partial charge in [0.25, 0.3) is 0 Å². The largest absolute Gasteiger partial charge is 0.306 e. The van der Waals surface area contributed by atoms with Gasteiger partial charge in [-0.2, -0.15) is 0 Å². The molecular formula is C16H15BrClF2N. The Balaban J connectivity index is 2.47. The summed E-state index contributed by atoms with van der Waals surface area (Å²) in [4.78, 5) is 0. The molecule has 0 radical (unpaired) electrons. The lowest BCUT2D eigenvalue weighted by molar-refractivity contribution is 0.545. The molecule has 0 aliphatic carbocycles. The van der Waals surface area contributed by atoms with Crippen LogP contribution in [0.1, 0.15) is 30.5 Å². The number of benzene rings is 2. The molecule has 2 aromatic carbocycles. The van der Waals surface area contributed by atoms with Gasteiger partial charge in [-0.3, -0.25) is 0 Å². The highest BCUT2D eigenvalue weighted by Crippen LogP contribution is 2.30. The van der Waals surface area contributed by atoms with Gasteiger partial charge in [0.15, 0.2) is 0 Å². The monoisotopic (exact) mass is 373 g/mol. The molecule has 0 aliphatic heterocycles. The van der Waals surface area contributed by atoms with Crippen molar-refractivity contribution in [3.05, 3.63) is 68.7 Å². The Morgan fingerprint density at radius 3 is 2.67 bits per heavy atom. The molecule has 21 heavy (non-hydrogen) atoms. The van der Waals surface area contributed by atoms with E-state index in [4.69, 9.17) is 11.6 Å². The van der Waals surface area contributed by atoms with Gasteiger partial charge in [0.05, 0.1) is 15.5 Å². The van der Waals surface area contributed by atoms with E-state index in [-0.39, 0.29) is 16.9 Å². The Morgan fingerprint density at radius 2 is 2.00 bits per heavy atom. The fourth-order valence-electron chi connectivity index (χ4n) is 2.13. The van der Waals surface area contributed by atoms with Crippen LogP contribution in [0, 0.1) is 11.6 Å². The summed E-state index contributed by atoms with van der Waals surface area (Å²) in [5.74, 6) is -0.798. The Labute approximate surface area is 136 Å². The van der Waals surface area contributed by atoms with Crippen molar-refractivity contribution in [2.75, 3.05) is 6.54 Å². The molecule has 0 saturated heterocycles. The average Bonchev–Trinajstić information content (AvgIpc) is 2.47. The maximum absolute atomic E-state index is 14.3. The van der Waals surface area contributed by atoms with E-state index < -0.39 is 5.82 Å². The summed E-state index contributed by atoms with van der Waals surface area (Å²) in [6.07, 6.45) is 0.904. The first-order chi connectivity index (χ1) is 10.0. The third kappa shape index (κ3) is 3.82. The van der Waals surface area contributed by atoms with E-state index in [0.29, 0.717) is 16.6 Å². The highest BCUT2D eigenvalue weighted by molar-refractivity contribution is 9.10. The van der Waals surface area contributed by atoms with E-state index in [0.717, 1.165) is 12.0 Å². The Kier molecular flexibility index (Phi) is 5.73. The summed E-state index contributed by atoms with van der Waals surface area (Å²) in [6.45, 7) is 2.74. The molecule has 5 heteroatoms. The van der Waals surface area contributed by atoms with Gasteiger partial charge in [-0.05, 0) is 52.7 Å². The molecule has 1 N–H and O–H groups in total. The lowest BCUT2D eigenvalue weighted by atomic mass is 9.98. The second-order valence-electron chi connectivity index (χ2n) is 4.70. The number of halogens is 4. The first-order valence-corrected chi connectivity index (χ1v) is 7.84. The van der Waals surface area contributed by atoms with Crippen molar-refractivity contribution in [1.29, 1.82) is 0 Å². The SMILES string of the molecule is CCCNC(c1ccc(F)c(Br)c1)c1cccc(Cl)c1F. The van der Waals surface area contributed by atoms with E-state index in [2.05, 4.69) is 21.2 Å². The van der Waals surface area contributed by atoms with Gasteiger partial charge in [0.1, 0.15) is 11.6 Å². The van der Waals surface area contributed by atoms with Gasteiger partial charge in [-0.25, -0.2) is 8.78 Å². The molecular weight excluding hydrogens is 360 g/mol. The minimum Gasteiger partial charge on any atom is -0.306 e. The summed E-state index contributed by atoms with van der Waals surface area (Å²) in [5.41, 5.74) is 1.23. The van der Waals surface area contributed by atoms with Gasteiger partial charge in [0.2, 0.25) is 0 Å². The molecule has 1 atom stereocenters. The van der Waals surface area contributed by atoms with E-state index in [1.807, 2.05) is 6.92 Å². The second kappa shape index (κ2) is 7.34. The predicted molar refractivity (Wildman–Crippen MR) is 85.6 cm³/mol. The maximum atomic E-state index is 14.3. The third-order valence-electron chi connectivity index (χ3n) is 3.17. The molecule has 2 rings (SSSR count). The Hall–Kier alpha value is -0.970. The fraction of sp³-hybridized carbons (Fsp3) is 0.250. The first-order valence-electron chi connectivity index (χ1n) is 6.66. The molecule has 0 fully saturated rings. The molecule has 0 aliphatic rings. The Bertz CT molecular complexity index is 634. The maximum Gasteiger partial charge on any atom is 0.146 e. The molecule has 1 nitrogen and oxygen atoms in total. The average molecular weight is 375 g/mol. The third-order valence-corrected chi connectivity index (χ3v) is 4.07. The zero-order valence-corrected chi connectivity index (χ0v) is 13.8. The lowest BCUT2D eigenvalue weighted by Crippen LogP contribution is -2.24. The highest BCUT2D eigenvalue weighted by atomic mass is 79.9. The van der Waals surface area contributed by atoms with Crippen molar-refractivity contribution in [3.63, 3.8) is 0 Å². The van der Waals surface area contributed by atoms with Gasteiger partial charge >= 0.3 is 0 Å². The van der Waals surface area contributed by atoms with Gasteiger partial charge < -0.3 is 5.32 Å². The molecule has 0 spiro atoms. The highest BCUT2D eigenvalue weighted by Gasteiger charge is 2.19. The predicted octanol–water partition coefficient (Wildman–Crippen LogP) is 5.47. The summed E-state index contributed by atoms with van der Waals surface area (Å²) in [5, 5.41) is 3.36. The zero-order chi connectivity index (χ0) is 15.4. The van der Waals surface area contributed by atoms with Crippen LogP contribution in [-0.4, -0.2) is 6.54 Å². The van der Waals surface area contributed by atoms with Crippen LogP contribution in [-0.2, 0) is 0 Å². The molecule has 0 saturated carbocycles. The molecule has 112 valence electrons. The van der Waals surface area contributed by atoms with Crippen molar-refractivity contribution in [1.82, 2.24) is 5.32 Å². The molecule has 0 bridgehead atoms. The number of hydrogen-bond donors (Lipinski definition) is 1. The Morgan fingerprint density at radius 1 is 1.24 bits per heavy atom. The van der Waals surface area contributed by atoms with Crippen LogP contribution < -0.4 is 5.32 Å². The zero-order valence-electron chi connectivity index (χ0n) is 11.5. The van der Waals surface area contributed by atoms with E-state index in [1.165, 1.54) is 12.1 Å². The van der Waals surface area contributed by atoms with E-state index in [9.17, 15) is 8.78 Å². The molecule has 0 amide bonds. The quantitative estimate of drug-likeness (QED) is 0.732. The molecule has 0 heterocycles. The van der Waals surface area contributed by atoms with E-state index in [1.54, 1.807) is 24.3 Å². The van der Waals surface area contributed by atoms with Crippen molar-refractivity contribution >= 4 is 27.5 Å². The van der Waals surface area contributed by atoms with Crippen LogP contribution in [0.3, 0.4) is 0 Å².